The molecule has 0 radical (unpaired) electrons. The monoisotopic (exact) mass is 328 g/mol. The second-order valence-corrected chi connectivity index (χ2v) is 7.00. The first-order valence-electron chi connectivity index (χ1n) is 8.63. The molecule has 0 unspecified atom stereocenters. The molecular formula is C20H26NO3+. The van der Waals surface area contributed by atoms with Crippen LogP contribution in [0, 0.1) is 5.92 Å². The van der Waals surface area contributed by atoms with Gasteiger partial charge in [-0.25, -0.2) is 4.79 Å². The van der Waals surface area contributed by atoms with Gasteiger partial charge in [-0.15, -0.1) is 0 Å². The van der Waals surface area contributed by atoms with Crippen molar-refractivity contribution >= 4 is 16.7 Å². The summed E-state index contributed by atoms with van der Waals surface area (Å²) in [5.41, 5.74) is 0.0406. The quantitative estimate of drug-likeness (QED) is 0.878. The van der Waals surface area contributed by atoms with E-state index in [9.17, 15) is 4.79 Å². The number of quaternary nitrogens is 1. The first-order valence-corrected chi connectivity index (χ1v) is 8.63. The van der Waals surface area contributed by atoms with Crippen molar-refractivity contribution in [3.63, 3.8) is 0 Å². The molecule has 1 aliphatic heterocycles. The third kappa shape index (κ3) is 3.24. The molecule has 3 rings (SSSR count). The normalized spacial score (nSPS) is 16.1. The van der Waals surface area contributed by atoms with E-state index in [0.29, 0.717) is 17.2 Å². The van der Waals surface area contributed by atoms with Crippen LogP contribution in [-0.4, -0.2) is 31.8 Å². The number of esters is 1. The molecule has 4 heteroatoms. The van der Waals surface area contributed by atoms with Gasteiger partial charge in [0.25, 0.3) is 0 Å². The van der Waals surface area contributed by atoms with Crippen molar-refractivity contribution in [2.75, 3.05) is 20.2 Å². The lowest BCUT2D eigenvalue weighted by molar-refractivity contribution is -0.665. The lowest BCUT2D eigenvalue weighted by Crippen LogP contribution is -2.86. The summed E-state index contributed by atoms with van der Waals surface area (Å²) in [5.74, 6) is 0.655. The van der Waals surface area contributed by atoms with Gasteiger partial charge in [-0.1, -0.05) is 30.3 Å². The molecule has 1 fully saturated rings. The van der Waals surface area contributed by atoms with Gasteiger partial charge in [0.2, 0.25) is 0 Å². The van der Waals surface area contributed by atoms with Crippen LogP contribution in [-0.2, 0) is 4.74 Å². The van der Waals surface area contributed by atoms with Gasteiger partial charge >= 0.3 is 5.97 Å². The van der Waals surface area contributed by atoms with Crippen molar-refractivity contribution in [2.24, 2.45) is 5.92 Å². The van der Waals surface area contributed by atoms with Crippen LogP contribution in [0.1, 0.15) is 37.0 Å². The van der Waals surface area contributed by atoms with Crippen molar-refractivity contribution < 1.29 is 19.6 Å². The number of fused-ring (bicyclic) bond motifs is 1. The van der Waals surface area contributed by atoms with Gasteiger partial charge in [0.15, 0.2) is 0 Å². The number of carbonyl (C=O) groups excluding carboxylic acids is 1. The van der Waals surface area contributed by atoms with Crippen LogP contribution >= 0.6 is 0 Å². The van der Waals surface area contributed by atoms with E-state index in [1.54, 1.807) is 7.11 Å². The number of benzene rings is 2. The van der Waals surface area contributed by atoms with Gasteiger partial charge in [0.1, 0.15) is 16.9 Å². The first kappa shape index (κ1) is 16.8. The van der Waals surface area contributed by atoms with Crippen molar-refractivity contribution in [3.05, 3.63) is 42.0 Å². The van der Waals surface area contributed by atoms with Gasteiger partial charge in [0, 0.05) is 18.8 Å². The van der Waals surface area contributed by atoms with E-state index in [0.717, 1.165) is 36.7 Å². The molecule has 0 aliphatic carbocycles. The summed E-state index contributed by atoms with van der Waals surface area (Å²) in [6, 6.07) is 11.6. The highest BCUT2D eigenvalue weighted by molar-refractivity contribution is 6.07. The molecule has 1 heterocycles. The zero-order valence-corrected chi connectivity index (χ0v) is 14.7. The minimum absolute atomic E-state index is 0.303. The molecule has 0 saturated carbocycles. The summed E-state index contributed by atoms with van der Waals surface area (Å²) in [6.45, 7) is 6.25. The van der Waals surface area contributed by atoms with E-state index < -0.39 is 5.60 Å². The average molecular weight is 328 g/mol. The molecule has 0 bridgehead atoms. The Morgan fingerprint density at radius 2 is 1.83 bits per heavy atom. The topological polar surface area (TPSA) is 52.1 Å². The van der Waals surface area contributed by atoms with Gasteiger partial charge in [-0.05, 0) is 30.7 Å². The minimum Gasteiger partial charge on any atom is -0.496 e. The van der Waals surface area contributed by atoms with E-state index in [2.05, 4.69) is 5.32 Å². The van der Waals surface area contributed by atoms with Gasteiger partial charge < -0.3 is 14.8 Å². The standard InChI is InChI=1S/C20H25NO3/c1-20(2,15-10-12-21-13-11-15)24-19(22)18-16-7-5-4-6-14(16)8-9-17(18)23-3/h4-9,15,21H,10-13H2,1-3H3/p+1. The number of hydrogen-bond donors (Lipinski definition) is 1. The summed E-state index contributed by atoms with van der Waals surface area (Å²) in [4.78, 5) is 13.0. The van der Waals surface area contributed by atoms with Crippen LogP contribution < -0.4 is 10.1 Å². The SMILES string of the molecule is COc1ccc2ccccc2c1C(=O)OC(C)(C)C1CC[NH2+]CC1. The fourth-order valence-electron chi connectivity index (χ4n) is 3.63. The number of hydrogen-bond acceptors (Lipinski definition) is 3. The van der Waals surface area contributed by atoms with Crippen LogP contribution in [0.25, 0.3) is 10.8 Å². The number of piperidine rings is 1. The average Bonchev–Trinajstić information content (AvgIpc) is 2.61. The summed E-state index contributed by atoms with van der Waals surface area (Å²) in [7, 11) is 1.59. The van der Waals surface area contributed by atoms with E-state index >= 15 is 0 Å². The Hall–Kier alpha value is -2.07. The van der Waals surface area contributed by atoms with Crippen molar-refractivity contribution in [3.8, 4) is 5.75 Å². The van der Waals surface area contributed by atoms with Crippen molar-refractivity contribution in [2.45, 2.75) is 32.3 Å². The van der Waals surface area contributed by atoms with Gasteiger partial charge in [-0.2, -0.15) is 0 Å². The van der Waals surface area contributed by atoms with Crippen LogP contribution in [0.2, 0.25) is 0 Å². The zero-order valence-electron chi connectivity index (χ0n) is 14.7. The predicted molar refractivity (Wildman–Crippen MR) is 94.4 cm³/mol. The summed E-state index contributed by atoms with van der Waals surface area (Å²) < 4.78 is 11.4. The van der Waals surface area contributed by atoms with Crippen molar-refractivity contribution in [1.29, 1.82) is 0 Å². The maximum Gasteiger partial charge on any atom is 0.343 e. The van der Waals surface area contributed by atoms with Gasteiger partial charge in [-0.3, -0.25) is 0 Å². The molecule has 2 aromatic rings. The highest BCUT2D eigenvalue weighted by Gasteiger charge is 2.36. The molecule has 0 amide bonds. The van der Waals surface area contributed by atoms with Gasteiger partial charge in [0.05, 0.1) is 20.2 Å². The van der Waals surface area contributed by atoms with E-state index in [4.69, 9.17) is 9.47 Å². The van der Waals surface area contributed by atoms with E-state index in [-0.39, 0.29) is 5.97 Å². The number of methoxy groups -OCH3 is 1. The lowest BCUT2D eigenvalue weighted by atomic mass is 9.83. The number of rotatable bonds is 4. The third-order valence-corrected chi connectivity index (χ3v) is 5.09. The molecule has 2 N–H and O–H groups in total. The maximum absolute atomic E-state index is 13.0. The van der Waals surface area contributed by atoms with Crippen LogP contribution in [0.15, 0.2) is 36.4 Å². The van der Waals surface area contributed by atoms with Crippen molar-refractivity contribution in [1.82, 2.24) is 0 Å². The Morgan fingerprint density at radius 3 is 2.54 bits per heavy atom. The highest BCUT2D eigenvalue weighted by atomic mass is 16.6. The molecule has 0 spiro atoms. The molecule has 128 valence electrons. The molecule has 4 nitrogen and oxygen atoms in total. The fraction of sp³-hybridized carbons (Fsp3) is 0.450. The Labute approximate surface area is 143 Å². The number of ether oxygens (including phenoxy) is 2. The smallest absolute Gasteiger partial charge is 0.343 e. The lowest BCUT2D eigenvalue weighted by Gasteiger charge is -2.35. The molecule has 0 atom stereocenters. The fourth-order valence-corrected chi connectivity index (χ4v) is 3.63. The number of nitrogens with two attached hydrogens (primary N) is 1. The van der Waals surface area contributed by atoms with E-state index in [1.165, 1.54) is 0 Å². The second kappa shape index (κ2) is 6.81. The largest absolute Gasteiger partial charge is 0.496 e. The van der Waals surface area contributed by atoms with E-state index in [1.807, 2.05) is 50.2 Å². The molecule has 2 aromatic carbocycles. The Morgan fingerprint density at radius 1 is 1.12 bits per heavy atom. The van der Waals surface area contributed by atoms with Crippen LogP contribution in [0.3, 0.4) is 0 Å². The summed E-state index contributed by atoms with van der Waals surface area (Å²) in [6.07, 6.45) is 2.15. The van der Waals surface area contributed by atoms with Crippen LogP contribution in [0.5, 0.6) is 5.75 Å². The Balaban J connectivity index is 1.93. The minimum atomic E-state index is -0.479. The molecular weight excluding hydrogens is 302 g/mol. The predicted octanol–water partition coefficient (Wildman–Crippen LogP) is 2.76. The Bertz CT molecular complexity index is 733. The maximum atomic E-state index is 13.0. The Kier molecular flexibility index (Phi) is 4.76. The molecule has 0 aromatic heterocycles. The number of carbonyl (C=O) groups is 1. The molecule has 24 heavy (non-hydrogen) atoms. The summed E-state index contributed by atoms with van der Waals surface area (Å²) >= 11 is 0. The molecule has 1 aliphatic rings. The highest BCUT2D eigenvalue weighted by Crippen LogP contribution is 2.33. The van der Waals surface area contributed by atoms with Crippen LogP contribution in [0.4, 0.5) is 0 Å². The first-order chi connectivity index (χ1) is 11.5. The zero-order chi connectivity index (χ0) is 17.2. The second-order valence-electron chi connectivity index (χ2n) is 7.00. The summed E-state index contributed by atoms with van der Waals surface area (Å²) in [5, 5.41) is 4.20. The molecule has 1 saturated heterocycles. The third-order valence-electron chi connectivity index (χ3n) is 5.09.